The number of likely N-dealkylation sites (tertiary alicyclic amines) is 1. The maximum Gasteiger partial charge on any atom is 0.338 e. The molecular formula is C29H26F2N8O5. The summed E-state index contributed by atoms with van der Waals surface area (Å²) in [5.41, 5.74) is 12.1. The topological polar surface area (TPSA) is 205 Å². The third-order valence-electron chi connectivity index (χ3n) is 7.53. The van der Waals surface area contributed by atoms with Gasteiger partial charge in [-0.25, -0.2) is 18.6 Å². The molecule has 2 aromatic heterocycles. The van der Waals surface area contributed by atoms with Crippen LogP contribution in [0, 0.1) is 5.82 Å². The highest BCUT2D eigenvalue weighted by Gasteiger charge is 2.40. The van der Waals surface area contributed by atoms with Crippen molar-refractivity contribution in [2.24, 2.45) is 5.73 Å². The first kappa shape index (κ1) is 28.7. The molecule has 5 aromatic rings. The van der Waals surface area contributed by atoms with Crippen molar-refractivity contribution in [1.29, 1.82) is 0 Å². The molecule has 0 bridgehead atoms. The normalized spacial score (nSPS) is 17.3. The van der Waals surface area contributed by atoms with E-state index in [4.69, 9.17) is 11.5 Å². The van der Waals surface area contributed by atoms with E-state index in [9.17, 15) is 29.0 Å². The molecule has 8 N–H and O–H groups in total. The van der Waals surface area contributed by atoms with Gasteiger partial charge in [-0.1, -0.05) is 30.3 Å². The zero-order valence-corrected chi connectivity index (χ0v) is 22.9. The third-order valence-corrected chi connectivity index (χ3v) is 7.53. The summed E-state index contributed by atoms with van der Waals surface area (Å²) in [6, 6.07) is 12.4. The summed E-state index contributed by atoms with van der Waals surface area (Å²) < 4.78 is 31.7. The number of alkyl halides is 1. The maximum absolute atomic E-state index is 15.8. The number of imidazole rings is 1. The van der Waals surface area contributed by atoms with E-state index in [-0.39, 0.29) is 64.6 Å². The summed E-state index contributed by atoms with van der Waals surface area (Å²) in [4.78, 5) is 46.3. The SMILES string of the molecule is Nc1nc2c(C(=O)O)cc(-c3cccc(NC(=O)[C@@H]4C[C@@H](F)CN4C(=O)Cn4nc(C(N)O)c5ccccc54)c3F)cc2[nH]1. The molecular weight excluding hydrogens is 578 g/mol. The minimum Gasteiger partial charge on any atom is -0.478 e. The Bertz CT molecular complexity index is 1960. The number of carbonyl (C=O) groups is 3. The van der Waals surface area contributed by atoms with Crippen molar-refractivity contribution in [2.45, 2.75) is 31.4 Å². The lowest BCUT2D eigenvalue weighted by atomic mass is 10.0. The fourth-order valence-electron chi connectivity index (χ4n) is 5.54. The number of carboxylic acid groups (broad SMARTS) is 1. The van der Waals surface area contributed by atoms with Gasteiger partial charge in [-0.3, -0.25) is 14.3 Å². The first-order chi connectivity index (χ1) is 21.0. The predicted octanol–water partition coefficient (Wildman–Crippen LogP) is 2.53. The van der Waals surface area contributed by atoms with Crippen LogP contribution in [0.3, 0.4) is 0 Å². The number of nitrogen functional groups attached to an aromatic ring is 1. The maximum atomic E-state index is 15.8. The first-order valence-electron chi connectivity index (χ1n) is 13.5. The number of aromatic carboxylic acids is 1. The average Bonchev–Trinajstić information content (AvgIpc) is 3.67. The number of aromatic amines is 1. The summed E-state index contributed by atoms with van der Waals surface area (Å²) in [6.07, 6.45) is -3.19. The number of H-pyrrole nitrogens is 1. The van der Waals surface area contributed by atoms with Crippen molar-refractivity contribution in [3.8, 4) is 11.1 Å². The van der Waals surface area contributed by atoms with E-state index in [1.165, 1.54) is 35.0 Å². The number of nitrogens with one attached hydrogen (secondary N) is 2. The van der Waals surface area contributed by atoms with Crippen LogP contribution < -0.4 is 16.8 Å². The summed E-state index contributed by atoms with van der Waals surface area (Å²) >= 11 is 0. The molecule has 3 heterocycles. The molecule has 15 heteroatoms. The number of anilines is 2. The second-order valence-corrected chi connectivity index (χ2v) is 10.4. The van der Waals surface area contributed by atoms with Crippen LogP contribution in [0.15, 0.2) is 54.6 Å². The highest BCUT2D eigenvalue weighted by Crippen LogP contribution is 2.33. The number of halogens is 2. The molecule has 226 valence electrons. The second-order valence-electron chi connectivity index (χ2n) is 10.4. The number of aromatic nitrogens is 4. The zero-order valence-electron chi connectivity index (χ0n) is 22.9. The fourth-order valence-corrected chi connectivity index (χ4v) is 5.54. The molecule has 1 aliphatic heterocycles. The minimum atomic E-state index is -1.50. The van der Waals surface area contributed by atoms with Crippen LogP contribution in [-0.4, -0.2) is 71.4 Å². The van der Waals surface area contributed by atoms with Gasteiger partial charge in [-0.05, 0) is 29.8 Å². The van der Waals surface area contributed by atoms with Gasteiger partial charge in [0, 0.05) is 17.4 Å². The molecule has 2 amide bonds. The number of hydrogen-bond acceptors (Lipinski definition) is 8. The van der Waals surface area contributed by atoms with E-state index in [1.54, 1.807) is 24.3 Å². The number of fused-ring (bicyclic) bond motifs is 2. The first-order valence-corrected chi connectivity index (χ1v) is 13.5. The smallest absolute Gasteiger partial charge is 0.338 e. The van der Waals surface area contributed by atoms with Gasteiger partial charge >= 0.3 is 5.97 Å². The Morgan fingerprint density at radius 2 is 1.93 bits per heavy atom. The predicted molar refractivity (Wildman–Crippen MR) is 155 cm³/mol. The summed E-state index contributed by atoms with van der Waals surface area (Å²) in [5.74, 6) is -3.59. The van der Waals surface area contributed by atoms with Crippen LogP contribution in [0.4, 0.5) is 20.4 Å². The molecule has 3 atom stereocenters. The van der Waals surface area contributed by atoms with Crippen LogP contribution in [0.1, 0.15) is 28.7 Å². The Hall–Kier alpha value is -5.41. The number of aliphatic hydroxyl groups is 1. The molecule has 1 aliphatic rings. The second kappa shape index (κ2) is 11.0. The summed E-state index contributed by atoms with van der Waals surface area (Å²) in [7, 11) is 0. The van der Waals surface area contributed by atoms with E-state index in [2.05, 4.69) is 20.4 Å². The lowest BCUT2D eigenvalue weighted by Gasteiger charge is -2.24. The van der Waals surface area contributed by atoms with Gasteiger partial charge in [0.2, 0.25) is 11.8 Å². The molecule has 6 rings (SSSR count). The van der Waals surface area contributed by atoms with E-state index in [0.717, 1.165) is 4.90 Å². The van der Waals surface area contributed by atoms with Crippen LogP contribution in [0.25, 0.3) is 33.1 Å². The molecule has 1 unspecified atom stereocenters. The molecule has 0 spiro atoms. The largest absolute Gasteiger partial charge is 0.478 e. The van der Waals surface area contributed by atoms with Crippen molar-refractivity contribution in [2.75, 3.05) is 17.6 Å². The fraction of sp³-hybridized carbons (Fsp3) is 0.207. The van der Waals surface area contributed by atoms with Crippen molar-refractivity contribution >= 4 is 51.4 Å². The van der Waals surface area contributed by atoms with Crippen LogP contribution in [-0.2, 0) is 16.1 Å². The standard InChI is InChI=1S/C29H26F2N8O5/c30-14-10-21(38(11-14)22(40)12-39-20-7-2-1-4-16(20)25(37-39)26(32)41)27(42)34-18-6-3-5-15(23(18)31)13-8-17(28(43)44)24-19(9-13)35-29(33)36-24/h1-9,14,21,26,41H,10-12,32H2,(H,34,42)(H,43,44)(H3,33,35,36)/t14-,21+,26?/m1/s1. The monoisotopic (exact) mass is 604 g/mol. The molecule has 1 saturated heterocycles. The van der Waals surface area contributed by atoms with E-state index < -0.39 is 42.0 Å². The summed E-state index contributed by atoms with van der Waals surface area (Å²) in [6.45, 7) is -0.712. The zero-order chi connectivity index (χ0) is 31.3. The van der Waals surface area contributed by atoms with Gasteiger partial charge in [0.15, 0.2) is 11.8 Å². The molecule has 0 saturated carbocycles. The number of hydrogen-bond donors (Lipinski definition) is 6. The number of rotatable bonds is 7. The number of carboxylic acids is 1. The van der Waals surface area contributed by atoms with E-state index >= 15 is 4.39 Å². The lowest BCUT2D eigenvalue weighted by molar-refractivity contribution is -0.137. The number of para-hydroxylation sites is 1. The van der Waals surface area contributed by atoms with Crippen molar-refractivity contribution in [3.05, 3.63) is 71.7 Å². The van der Waals surface area contributed by atoms with Crippen LogP contribution >= 0.6 is 0 Å². The number of amides is 2. The van der Waals surface area contributed by atoms with Gasteiger partial charge < -0.3 is 36.9 Å². The molecule has 0 aliphatic carbocycles. The van der Waals surface area contributed by atoms with Crippen molar-refractivity contribution < 1.29 is 33.4 Å². The Balaban J connectivity index is 1.26. The summed E-state index contributed by atoms with van der Waals surface area (Å²) in [5, 5.41) is 26.8. The highest BCUT2D eigenvalue weighted by molar-refractivity contribution is 6.04. The van der Waals surface area contributed by atoms with Gasteiger partial charge in [0.25, 0.3) is 0 Å². The van der Waals surface area contributed by atoms with Crippen LogP contribution in [0.2, 0.25) is 0 Å². The molecule has 13 nitrogen and oxygen atoms in total. The Morgan fingerprint density at radius 3 is 2.68 bits per heavy atom. The Kier molecular flexibility index (Phi) is 7.18. The van der Waals surface area contributed by atoms with Gasteiger partial charge in [-0.15, -0.1) is 0 Å². The molecule has 44 heavy (non-hydrogen) atoms. The quantitative estimate of drug-likeness (QED) is 0.151. The van der Waals surface area contributed by atoms with E-state index in [0.29, 0.717) is 10.9 Å². The molecule has 1 fully saturated rings. The number of benzene rings is 3. The van der Waals surface area contributed by atoms with Crippen molar-refractivity contribution in [1.82, 2.24) is 24.6 Å². The van der Waals surface area contributed by atoms with Crippen LogP contribution in [0.5, 0.6) is 0 Å². The number of nitrogens with zero attached hydrogens (tertiary/aromatic N) is 4. The number of nitrogens with two attached hydrogens (primary N) is 2. The molecule has 3 aromatic carbocycles. The Morgan fingerprint density at radius 1 is 1.16 bits per heavy atom. The Labute approximate surface area is 247 Å². The third kappa shape index (κ3) is 5.07. The lowest BCUT2D eigenvalue weighted by Crippen LogP contribution is -2.44. The highest BCUT2D eigenvalue weighted by atomic mass is 19.1. The van der Waals surface area contributed by atoms with Gasteiger partial charge in [0.05, 0.1) is 28.8 Å². The van der Waals surface area contributed by atoms with Gasteiger partial charge in [0.1, 0.15) is 36.2 Å². The minimum absolute atomic E-state index is 0.0128. The number of carbonyl (C=O) groups excluding carboxylic acids is 2. The average molecular weight is 605 g/mol. The van der Waals surface area contributed by atoms with Crippen molar-refractivity contribution in [3.63, 3.8) is 0 Å². The van der Waals surface area contributed by atoms with Gasteiger partial charge in [-0.2, -0.15) is 5.10 Å². The van der Waals surface area contributed by atoms with E-state index in [1.807, 2.05) is 0 Å². The molecule has 0 radical (unpaired) electrons. The number of aliphatic hydroxyl groups excluding tert-OH is 1.